The first-order chi connectivity index (χ1) is 7.13. The van der Waals surface area contributed by atoms with Crippen molar-refractivity contribution in [2.45, 2.75) is 6.42 Å². The van der Waals surface area contributed by atoms with Gasteiger partial charge in [-0.3, -0.25) is 4.57 Å². The van der Waals surface area contributed by atoms with Gasteiger partial charge in [0.25, 0.3) is 0 Å². The SMILES string of the molecule is Cn1c(=O)[nH]c2cc(CCN)c(Br)cc21. The van der Waals surface area contributed by atoms with E-state index in [0.717, 1.165) is 27.5 Å². The number of benzene rings is 1. The molecular weight excluding hydrogens is 258 g/mol. The van der Waals surface area contributed by atoms with Crippen LogP contribution in [0.25, 0.3) is 11.0 Å². The molecule has 0 spiro atoms. The number of halogens is 1. The molecule has 0 atom stereocenters. The van der Waals surface area contributed by atoms with Crippen LogP contribution in [0.1, 0.15) is 5.56 Å². The van der Waals surface area contributed by atoms with Gasteiger partial charge >= 0.3 is 5.69 Å². The second kappa shape index (κ2) is 3.83. The summed E-state index contributed by atoms with van der Waals surface area (Å²) in [4.78, 5) is 14.2. The number of hydrogen-bond donors (Lipinski definition) is 2. The third-order valence-electron chi connectivity index (χ3n) is 2.49. The number of imidazole rings is 1. The topological polar surface area (TPSA) is 63.8 Å². The summed E-state index contributed by atoms with van der Waals surface area (Å²) >= 11 is 3.48. The van der Waals surface area contributed by atoms with Crippen LogP contribution in [-0.4, -0.2) is 16.1 Å². The van der Waals surface area contributed by atoms with E-state index in [9.17, 15) is 4.79 Å². The third kappa shape index (κ3) is 1.72. The molecule has 0 bridgehead atoms. The second-order valence-electron chi connectivity index (χ2n) is 3.49. The Bertz CT molecular complexity index is 556. The molecule has 3 N–H and O–H groups in total. The lowest BCUT2D eigenvalue weighted by Crippen LogP contribution is -2.11. The maximum atomic E-state index is 11.4. The minimum Gasteiger partial charge on any atom is -0.330 e. The molecule has 1 aromatic heterocycles. The first-order valence-electron chi connectivity index (χ1n) is 4.70. The molecule has 2 rings (SSSR count). The van der Waals surface area contributed by atoms with Gasteiger partial charge in [-0.1, -0.05) is 15.9 Å². The number of H-pyrrole nitrogens is 1. The zero-order valence-corrected chi connectivity index (χ0v) is 9.97. The highest BCUT2D eigenvalue weighted by molar-refractivity contribution is 9.10. The van der Waals surface area contributed by atoms with Crippen molar-refractivity contribution < 1.29 is 0 Å². The van der Waals surface area contributed by atoms with Crippen LogP contribution >= 0.6 is 15.9 Å². The fraction of sp³-hybridized carbons (Fsp3) is 0.300. The van der Waals surface area contributed by atoms with Crippen LogP contribution in [0, 0.1) is 0 Å². The number of aryl methyl sites for hydroxylation is 1. The summed E-state index contributed by atoms with van der Waals surface area (Å²) in [6, 6.07) is 3.91. The molecule has 0 radical (unpaired) electrons. The molecule has 0 aliphatic carbocycles. The number of aromatic amines is 1. The highest BCUT2D eigenvalue weighted by atomic mass is 79.9. The van der Waals surface area contributed by atoms with Gasteiger partial charge in [0.1, 0.15) is 0 Å². The van der Waals surface area contributed by atoms with E-state index in [1.165, 1.54) is 0 Å². The molecule has 5 heteroatoms. The lowest BCUT2D eigenvalue weighted by atomic mass is 10.1. The van der Waals surface area contributed by atoms with E-state index in [1.807, 2.05) is 12.1 Å². The van der Waals surface area contributed by atoms with Gasteiger partial charge in [-0.15, -0.1) is 0 Å². The summed E-state index contributed by atoms with van der Waals surface area (Å²) in [5, 5.41) is 0. The van der Waals surface area contributed by atoms with Crippen molar-refractivity contribution in [2.24, 2.45) is 12.8 Å². The second-order valence-corrected chi connectivity index (χ2v) is 4.34. The number of nitrogens with zero attached hydrogens (tertiary/aromatic N) is 1. The average Bonchev–Trinajstić information content (AvgIpc) is 2.46. The highest BCUT2D eigenvalue weighted by Crippen LogP contribution is 2.22. The minimum absolute atomic E-state index is 0.0956. The van der Waals surface area contributed by atoms with Crippen LogP contribution in [0.15, 0.2) is 21.4 Å². The van der Waals surface area contributed by atoms with Crippen molar-refractivity contribution in [3.63, 3.8) is 0 Å². The molecule has 0 fully saturated rings. The summed E-state index contributed by atoms with van der Waals surface area (Å²) < 4.78 is 2.59. The van der Waals surface area contributed by atoms with Crippen molar-refractivity contribution in [3.05, 3.63) is 32.7 Å². The van der Waals surface area contributed by atoms with Gasteiger partial charge in [0, 0.05) is 11.5 Å². The van der Waals surface area contributed by atoms with Crippen molar-refractivity contribution in [1.29, 1.82) is 0 Å². The summed E-state index contributed by atoms with van der Waals surface area (Å²) in [5.74, 6) is 0. The van der Waals surface area contributed by atoms with Crippen molar-refractivity contribution >= 4 is 27.0 Å². The van der Waals surface area contributed by atoms with Gasteiger partial charge in [-0.2, -0.15) is 0 Å². The molecule has 4 nitrogen and oxygen atoms in total. The van der Waals surface area contributed by atoms with Crippen LogP contribution in [0.4, 0.5) is 0 Å². The molecule has 2 aromatic rings. The first kappa shape index (κ1) is 10.4. The van der Waals surface area contributed by atoms with Crippen LogP contribution < -0.4 is 11.4 Å². The monoisotopic (exact) mass is 269 g/mol. The Morgan fingerprint density at radius 3 is 2.93 bits per heavy atom. The van der Waals surface area contributed by atoms with Gasteiger partial charge in [0.15, 0.2) is 0 Å². The molecule has 0 unspecified atom stereocenters. The number of rotatable bonds is 2. The Balaban J connectivity index is 2.70. The molecule has 1 heterocycles. The molecule has 0 saturated heterocycles. The van der Waals surface area contributed by atoms with E-state index in [4.69, 9.17) is 5.73 Å². The van der Waals surface area contributed by atoms with Gasteiger partial charge in [0.05, 0.1) is 11.0 Å². The van der Waals surface area contributed by atoms with Gasteiger partial charge in [-0.25, -0.2) is 4.79 Å². The average molecular weight is 270 g/mol. The van der Waals surface area contributed by atoms with Crippen molar-refractivity contribution in [3.8, 4) is 0 Å². The Morgan fingerprint density at radius 1 is 1.53 bits per heavy atom. The Kier molecular flexibility index (Phi) is 2.67. The summed E-state index contributed by atoms with van der Waals surface area (Å²) in [6.45, 7) is 0.598. The predicted molar refractivity (Wildman–Crippen MR) is 64.0 cm³/mol. The van der Waals surface area contributed by atoms with E-state index in [-0.39, 0.29) is 5.69 Å². The Labute approximate surface area is 95.2 Å². The highest BCUT2D eigenvalue weighted by Gasteiger charge is 2.07. The number of hydrogen-bond acceptors (Lipinski definition) is 2. The summed E-state index contributed by atoms with van der Waals surface area (Å²) in [7, 11) is 1.75. The molecule has 0 aliphatic rings. The molecule has 0 saturated carbocycles. The van der Waals surface area contributed by atoms with E-state index in [2.05, 4.69) is 20.9 Å². The molecule has 80 valence electrons. The number of nitrogens with two attached hydrogens (primary N) is 1. The van der Waals surface area contributed by atoms with E-state index in [1.54, 1.807) is 11.6 Å². The van der Waals surface area contributed by atoms with E-state index in [0.29, 0.717) is 6.54 Å². The zero-order chi connectivity index (χ0) is 11.0. The maximum absolute atomic E-state index is 11.4. The largest absolute Gasteiger partial charge is 0.330 e. The number of nitrogens with one attached hydrogen (secondary N) is 1. The summed E-state index contributed by atoms with van der Waals surface area (Å²) in [6.07, 6.45) is 0.799. The molecule has 1 aromatic carbocycles. The third-order valence-corrected chi connectivity index (χ3v) is 3.22. The predicted octanol–water partition coefficient (Wildman–Crippen LogP) is 1.13. The standard InChI is InChI=1S/C10H12BrN3O/c1-14-9-5-7(11)6(2-3-12)4-8(9)13-10(14)15/h4-5H,2-3,12H2,1H3,(H,13,15). The molecular formula is C10H12BrN3O. The molecule has 0 amide bonds. The lowest BCUT2D eigenvalue weighted by Gasteiger charge is -2.03. The quantitative estimate of drug-likeness (QED) is 0.859. The van der Waals surface area contributed by atoms with Crippen molar-refractivity contribution in [1.82, 2.24) is 9.55 Å². The number of aromatic nitrogens is 2. The number of fused-ring (bicyclic) bond motifs is 1. The fourth-order valence-electron chi connectivity index (χ4n) is 1.64. The van der Waals surface area contributed by atoms with Gasteiger partial charge < -0.3 is 10.7 Å². The molecule has 15 heavy (non-hydrogen) atoms. The van der Waals surface area contributed by atoms with Crippen LogP contribution in [-0.2, 0) is 13.5 Å². The van der Waals surface area contributed by atoms with Crippen LogP contribution in [0.3, 0.4) is 0 Å². The van der Waals surface area contributed by atoms with Crippen LogP contribution in [0.5, 0.6) is 0 Å². The first-order valence-corrected chi connectivity index (χ1v) is 5.50. The lowest BCUT2D eigenvalue weighted by molar-refractivity contribution is 0.891. The smallest absolute Gasteiger partial charge is 0.326 e. The summed E-state index contributed by atoms with van der Waals surface area (Å²) in [5.41, 5.74) is 8.28. The minimum atomic E-state index is -0.0956. The van der Waals surface area contributed by atoms with Gasteiger partial charge in [0.2, 0.25) is 0 Å². The van der Waals surface area contributed by atoms with Gasteiger partial charge in [-0.05, 0) is 30.7 Å². The van der Waals surface area contributed by atoms with E-state index < -0.39 is 0 Å². The van der Waals surface area contributed by atoms with Crippen LogP contribution in [0.2, 0.25) is 0 Å². The normalized spacial score (nSPS) is 11.1. The van der Waals surface area contributed by atoms with E-state index >= 15 is 0 Å². The molecule has 0 aliphatic heterocycles. The zero-order valence-electron chi connectivity index (χ0n) is 8.38. The fourth-order valence-corrected chi connectivity index (χ4v) is 2.17. The maximum Gasteiger partial charge on any atom is 0.326 e. The Morgan fingerprint density at radius 2 is 2.27 bits per heavy atom. The van der Waals surface area contributed by atoms with Crippen molar-refractivity contribution in [2.75, 3.05) is 6.54 Å². The Hall–Kier alpha value is -1.07.